The minimum Gasteiger partial charge on any atom is -0.311 e. The van der Waals surface area contributed by atoms with E-state index in [4.69, 9.17) is 0 Å². The van der Waals surface area contributed by atoms with Crippen LogP contribution in [0, 0.1) is 6.92 Å². The van der Waals surface area contributed by atoms with Crippen LogP contribution in [-0.2, 0) is 6.42 Å². The summed E-state index contributed by atoms with van der Waals surface area (Å²) in [4.78, 5) is 0. The Balaban J connectivity index is 2.02. The van der Waals surface area contributed by atoms with Crippen molar-refractivity contribution >= 4 is 0 Å². The molecule has 0 saturated carbocycles. The van der Waals surface area contributed by atoms with Crippen molar-refractivity contribution in [2.24, 2.45) is 0 Å². The second kappa shape index (κ2) is 5.18. The van der Waals surface area contributed by atoms with Crippen molar-refractivity contribution in [3.05, 3.63) is 35.4 Å². The van der Waals surface area contributed by atoms with Crippen molar-refractivity contribution < 1.29 is 4.39 Å². The molecule has 2 rings (SSSR count). The summed E-state index contributed by atoms with van der Waals surface area (Å²) in [5.41, 5.74) is 1.17. The number of alkyl halides is 1. The molecule has 17 heavy (non-hydrogen) atoms. The van der Waals surface area contributed by atoms with Gasteiger partial charge in [0.05, 0.1) is 0 Å². The van der Waals surface area contributed by atoms with Crippen LogP contribution < -0.4 is 5.32 Å². The number of rotatable bonds is 3. The quantitative estimate of drug-likeness (QED) is 0.846. The maximum atomic E-state index is 14.7. The third-order valence-corrected chi connectivity index (χ3v) is 3.71. The minimum atomic E-state index is -1.14. The molecule has 1 saturated heterocycles. The third kappa shape index (κ3) is 3.29. The molecule has 0 amide bonds. The Kier molecular flexibility index (Phi) is 3.82. The molecule has 0 aromatic heterocycles. The zero-order valence-corrected chi connectivity index (χ0v) is 10.8. The predicted molar refractivity (Wildman–Crippen MR) is 70.0 cm³/mol. The van der Waals surface area contributed by atoms with Crippen LogP contribution in [0.2, 0.25) is 0 Å². The second-order valence-corrected chi connectivity index (χ2v) is 5.44. The summed E-state index contributed by atoms with van der Waals surface area (Å²) in [6.07, 6.45) is 3.78. The SMILES string of the molecule is Cc1ccc(CC(C)(F)C2CCCCN2)cc1. The Morgan fingerprint density at radius 2 is 2.00 bits per heavy atom. The number of hydrogen-bond donors (Lipinski definition) is 1. The number of hydrogen-bond acceptors (Lipinski definition) is 1. The van der Waals surface area contributed by atoms with Gasteiger partial charge in [0.2, 0.25) is 0 Å². The third-order valence-electron chi connectivity index (χ3n) is 3.71. The molecule has 0 aliphatic carbocycles. The molecule has 0 spiro atoms. The van der Waals surface area contributed by atoms with Gasteiger partial charge in [-0.05, 0) is 38.8 Å². The van der Waals surface area contributed by atoms with Gasteiger partial charge in [-0.15, -0.1) is 0 Å². The number of halogens is 1. The van der Waals surface area contributed by atoms with Crippen LogP contribution in [0.1, 0.15) is 37.3 Å². The topological polar surface area (TPSA) is 12.0 Å². The van der Waals surface area contributed by atoms with Gasteiger partial charge >= 0.3 is 0 Å². The Bertz CT molecular complexity index is 350. The van der Waals surface area contributed by atoms with E-state index in [0.717, 1.165) is 24.9 Å². The number of nitrogens with one attached hydrogen (secondary N) is 1. The van der Waals surface area contributed by atoms with E-state index in [2.05, 4.69) is 24.4 Å². The van der Waals surface area contributed by atoms with Crippen molar-refractivity contribution in [2.75, 3.05) is 6.54 Å². The van der Waals surface area contributed by atoms with Crippen molar-refractivity contribution in [3.63, 3.8) is 0 Å². The van der Waals surface area contributed by atoms with Gasteiger partial charge in [-0.2, -0.15) is 0 Å². The van der Waals surface area contributed by atoms with E-state index >= 15 is 0 Å². The zero-order chi connectivity index (χ0) is 12.3. The highest BCUT2D eigenvalue weighted by molar-refractivity contribution is 5.23. The number of piperidine rings is 1. The summed E-state index contributed by atoms with van der Waals surface area (Å²) >= 11 is 0. The summed E-state index contributed by atoms with van der Waals surface area (Å²) in [5.74, 6) is 0. The predicted octanol–water partition coefficient (Wildman–Crippen LogP) is 3.41. The van der Waals surface area contributed by atoms with Crippen LogP contribution in [0.15, 0.2) is 24.3 Å². The highest BCUT2D eigenvalue weighted by Crippen LogP contribution is 2.27. The first kappa shape index (κ1) is 12.6. The first-order chi connectivity index (χ1) is 8.08. The van der Waals surface area contributed by atoms with E-state index in [1.807, 2.05) is 12.1 Å². The molecule has 0 radical (unpaired) electrons. The van der Waals surface area contributed by atoms with Crippen molar-refractivity contribution in [2.45, 2.75) is 51.2 Å². The monoisotopic (exact) mass is 235 g/mol. The lowest BCUT2D eigenvalue weighted by atomic mass is 9.86. The molecule has 1 fully saturated rings. The smallest absolute Gasteiger partial charge is 0.127 e. The van der Waals surface area contributed by atoms with Gasteiger partial charge < -0.3 is 5.32 Å². The highest BCUT2D eigenvalue weighted by Gasteiger charge is 2.34. The van der Waals surface area contributed by atoms with Crippen LogP contribution in [-0.4, -0.2) is 18.3 Å². The second-order valence-electron chi connectivity index (χ2n) is 5.44. The Morgan fingerprint density at radius 3 is 2.59 bits per heavy atom. The first-order valence-electron chi connectivity index (χ1n) is 6.56. The van der Waals surface area contributed by atoms with Crippen LogP contribution in [0.5, 0.6) is 0 Å². The molecule has 1 nitrogen and oxygen atoms in total. The fourth-order valence-corrected chi connectivity index (χ4v) is 2.59. The summed E-state index contributed by atoms with van der Waals surface area (Å²) in [6.45, 7) is 4.75. The van der Waals surface area contributed by atoms with Crippen molar-refractivity contribution in [1.29, 1.82) is 0 Å². The maximum absolute atomic E-state index is 14.7. The van der Waals surface area contributed by atoms with E-state index in [-0.39, 0.29) is 6.04 Å². The number of aryl methyl sites for hydroxylation is 1. The standard InChI is InChI=1S/C15H22FN/c1-12-6-8-13(9-7-12)11-15(2,16)14-5-3-4-10-17-14/h6-9,14,17H,3-5,10-11H2,1-2H3. The molecule has 1 aromatic rings. The molecule has 2 heteroatoms. The van der Waals surface area contributed by atoms with Crippen LogP contribution in [0.4, 0.5) is 4.39 Å². The summed E-state index contributed by atoms with van der Waals surface area (Å²) in [7, 11) is 0. The lowest BCUT2D eigenvalue weighted by Gasteiger charge is -2.34. The molecule has 0 bridgehead atoms. The van der Waals surface area contributed by atoms with Gasteiger partial charge in [0.1, 0.15) is 5.67 Å². The molecule has 2 atom stereocenters. The zero-order valence-electron chi connectivity index (χ0n) is 10.8. The fraction of sp³-hybridized carbons (Fsp3) is 0.600. The number of benzene rings is 1. The van der Waals surface area contributed by atoms with Crippen molar-refractivity contribution in [3.8, 4) is 0 Å². The molecule has 1 heterocycles. The minimum absolute atomic E-state index is 0.0116. The van der Waals surface area contributed by atoms with Crippen molar-refractivity contribution in [1.82, 2.24) is 5.32 Å². The van der Waals surface area contributed by atoms with Gasteiger partial charge in [0, 0.05) is 12.5 Å². The normalized spacial score (nSPS) is 24.3. The average Bonchev–Trinajstić information content (AvgIpc) is 2.33. The molecular weight excluding hydrogens is 213 g/mol. The van der Waals surface area contributed by atoms with E-state index in [1.165, 1.54) is 12.0 Å². The van der Waals surface area contributed by atoms with E-state index in [9.17, 15) is 4.39 Å². The first-order valence-corrected chi connectivity index (χ1v) is 6.56. The van der Waals surface area contributed by atoms with Gasteiger partial charge in [0.15, 0.2) is 0 Å². The van der Waals surface area contributed by atoms with Crippen LogP contribution in [0.25, 0.3) is 0 Å². The van der Waals surface area contributed by atoms with E-state index in [0.29, 0.717) is 6.42 Å². The maximum Gasteiger partial charge on any atom is 0.127 e. The molecule has 1 aromatic carbocycles. The lowest BCUT2D eigenvalue weighted by Crippen LogP contribution is -2.49. The molecule has 94 valence electrons. The molecule has 1 N–H and O–H groups in total. The Labute approximate surface area is 103 Å². The van der Waals surface area contributed by atoms with Crippen LogP contribution in [0.3, 0.4) is 0 Å². The van der Waals surface area contributed by atoms with Gasteiger partial charge in [0.25, 0.3) is 0 Å². The fourth-order valence-electron chi connectivity index (χ4n) is 2.59. The highest BCUT2D eigenvalue weighted by atomic mass is 19.1. The summed E-state index contributed by atoms with van der Waals surface area (Å²) in [5, 5.41) is 3.32. The largest absolute Gasteiger partial charge is 0.311 e. The molecule has 2 unspecified atom stereocenters. The summed E-state index contributed by atoms with van der Waals surface area (Å²) in [6, 6.07) is 8.20. The summed E-state index contributed by atoms with van der Waals surface area (Å²) < 4.78 is 14.7. The lowest BCUT2D eigenvalue weighted by molar-refractivity contribution is 0.109. The van der Waals surface area contributed by atoms with Gasteiger partial charge in [-0.1, -0.05) is 36.2 Å². The molecule has 1 aliphatic heterocycles. The Hall–Kier alpha value is -0.890. The molecule has 1 aliphatic rings. The average molecular weight is 235 g/mol. The van der Waals surface area contributed by atoms with Crippen LogP contribution >= 0.6 is 0 Å². The Morgan fingerprint density at radius 1 is 1.29 bits per heavy atom. The molecular formula is C15H22FN. The van der Waals surface area contributed by atoms with Gasteiger partial charge in [-0.3, -0.25) is 0 Å². The van der Waals surface area contributed by atoms with Gasteiger partial charge in [-0.25, -0.2) is 4.39 Å². The van der Waals surface area contributed by atoms with E-state index < -0.39 is 5.67 Å². The van der Waals surface area contributed by atoms with E-state index in [1.54, 1.807) is 6.92 Å².